The lowest BCUT2D eigenvalue weighted by atomic mass is 10.2. The molecule has 0 aliphatic heterocycles. The lowest BCUT2D eigenvalue weighted by molar-refractivity contribution is 0.305. The minimum atomic E-state index is -0.406. The van der Waals surface area contributed by atoms with Gasteiger partial charge in [-0.05, 0) is 30.7 Å². The molecule has 0 atom stereocenters. The Morgan fingerprint density at radius 2 is 1.96 bits per heavy atom. The molecule has 0 unspecified atom stereocenters. The van der Waals surface area contributed by atoms with Crippen LogP contribution in [0.2, 0.25) is 0 Å². The van der Waals surface area contributed by atoms with E-state index >= 15 is 0 Å². The molecule has 1 aromatic heterocycles. The standard InChI is InChI=1S/C20H22N2O3/c1-2-3-4-7-13-24-16-10-8-9-15(14-16)21-20-22-18-12-6-5-11-17(18)19(23)25-20/h5-6,8-12,14H,2-4,7,13H2,1H3,(H,21,22). The lowest BCUT2D eigenvalue weighted by Crippen LogP contribution is -2.05. The van der Waals surface area contributed by atoms with Crippen LogP contribution in [0.5, 0.6) is 5.75 Å². The summed E-state index contributed by atoms with van der Waals surface area (Å²) in [6.45, 7) is 2.89. The zero-order valence-electron chi connectivity index (χ0n) is 14.3. The molecule has 0 saturated carbocycles. The van der Waals surface area contributed by atoms with E-state index < -0.39 is 5.63 Å². The summed E-state index contributed by atoms with van der Waals surface area (Å²) < 4.78 is 11.0. The molecular weight excluding hydrogens is 316 g/mol. The number of benzene rings is 2. The van der Waals surface area contributed by atoms with E-state index in [1.807, 2.05) is 30.3 Å². The fourth-order valence-corrected chi connectivity index (χ4v) is 2.58. The molecule has 0 radical (unpaired) electrons. The van der Waals surface area contributed by atoms with E-state index in [-0.39, 0.29) is 6.01 Å². The first-order chi connectivity index (χ1) is 12.3. The molecule has 5 heteroatoms. The van der Waals surface area contributed by atoms with Gasteiger partial charge in [0, 0.05) is 11.8 Å². The summed E-state index contributed by atoms with van der Waals surface area (Å²) in [5.74, 6) is 0.782. The van der Waals surface area contributed by atoms with Crippen molar-refractivity contribution >= 4 is 22.6 Å². The van der Waals surface area contributed by atoms with Crippen LogP contribution in [-0.2, 0) is 0 Å². The van der Waals surface area contributed by atoms with Crippen LogP contribution in [0.25, 0.3) is 10.9 Å². The van der Waals surface area contributed by atoms with Crippen molar-refractivity contribution in [2.24, 2.45) is 0 Å². The van der Waals surface area contributed by atoms with Gasteiger partial charge < -0.3 is 14.5 Å². The molecule has 0 bridgehead atoms. The van der Waals surface area contributed by atoms with Gasteiger partial charge in [0.1, 0.15) is 5.75 Å². The number of ether oxygens (including phenoxy) is 1. The van der Waals surface area contributed by atoms with Gasteiger partial charge in [-0.1, -0.05) is 44.4 Å². The third-order valence-electron chi connectivity index (χ3n) is 3.89. The van der Waals surface area contributed by atoms with Crippen molar-refractivity contribution in [3.63, 3.8) is 0 Å². The minimum absolute atomic E-state index is 0.170. The van der Waals surface area contributed by atoms with Crippen LogP contribution < -0.4 is 15.7 Å². The number of unbranched alkanes of at least 4 members (excludes halogenated alkanes) is 3. The van der Waals surface area contributed by atoms with Gasteiger partial charge in [0.25, 0.3) is 0 Å². The van der Waals surface area contributed by atoms with Crippen LogP contribution in [0.15, 0.2) is 57.7 Å². The molecule has 3 aromatic rings. The van der Waals surface area contributed by atoms with E-state index in [1.165, 1.54) is 19.3 Å². The molecular formula is C20H22N2O3. The molecule has 0 fully saturated rings. The highest BCUT2D eigenvalue weighted by atomic mass is 16.5. The van der Waals surface area contributed by atoms with Gasteiger partial charge in [-0.2, -0.15) is 4.98 Å². The van der Waals surface area contributed by atoms with Crippen LogP contribution in [0.3, 0.4) is 0 Å². The molecule has 0 spiro atoms. The Labute approximate surface area is 146 Å². The second-order valence-electron chi connectivity index (χ2n) is 5.89. The first-order valence-corrected chi connectivity index (χ1v) is 8.66. The zero-order valence-corrected chi connectivity index (χ0v) is 14.3. The smallest absolute Gasteiger partial charge is 0.348 e. The van der Waals surface area contributed by atoms with Crippen molar-refractivity contribution in [1.29, 1.82) is 0 Å². The van der Waals surface area contributed by atoms with Crippen LogP contribution in [0, 0.1) is 0 Å². The molecule has 130 valence electrons. The van der Waals surface area contributed by atoms with Crippen molar-refractivity contribution in [3.05, 3.63) is 59.0 Å². The van der Waals surface area contributed by atoms with Crippen molar-refractivity contribution < 1.29 is 9.15 Å². The average molecular weight is 338 g/mol. The van der Waals surface area contributed by atoms with E-state index in [9.17, 15) is 4.79 Å². The monoisotopic (exact) mass is 338 g/mol. The van der Waals surface area contributed by atoms with Crippen LogP contribution in [0.1, 0.15) is 32.6 Å². The Bertz CT molecular complexity index is 889. The summed E-state index contributed by atoms with van der Waals surface area (Å²) >= 11 is 0. The maximum absolute atomic E-state index is 12.0. The number of para-hydroxylation sites is 1. The predicted molar refractivity (Wildman–Crippen MR) is 99.6 cm³/mol. The largest absolute Gasteiger partial charge is 0.494 e. The van der Waals surface area contributed by atoms with Crippen molar-refractivity contribution in [1.82, 2.24) is 4.98 Å². The number of nitrogens with zero attached hydrogens (tertiary/aromatic N) is 1. The van der Waals surface area contributed by atoms with E-state index in [1.54, 1.807) is 18.2 Å². The topological polar surface area (TPSA) is 64.4 Å². The van der Waals surface area contributed by atoms with Gasteiger partial charge in [0.05, 0.1) is 17.5 Å². The number of hydrogen-bond acceptors (Lipinski definition) is 5. The molecule has 0 aliphatic carbocycles. The summed E-state index contributed by atoms with van der Waals surface area (Å²) in [5, 5.41) is 3.50. The van der Waals surface area contributed by atoms with Gasteiger partial charge in [0.15, 0.2) is 0 Å². The normalized spacial score (nSPS) is 10.8. The van der Waals surface area contributed by atoms with Gasteiger partial charge in [-0.25, -0.2) is 4.79 Å². The van der Waals surface area contributed by atoms with Crippen LogP contribution in [0.4, 0.5) is 11.7 Å². The Morgan fingerprint density at radius 3 is 2.84 bits per heavy atom. The molecule has 5 nitrogen and oxygen atoms in total. The van der Waals surface area contributed by atoms with Crippen molar-refractivity contribution in [2.45, 2.75) is 32.6 Å². The SMILES string of the molecule is CCCCCCOc1cccc(Nc2nc3ccccc3c(=O)o2)c1. The molecule has 1 N–H and O–H groups in total. The fourth-order valence-electron chi connectivity index (χ4n) is 2.58. The summed E-state index contributed by atoms with van der Waals surface area (Å²) in [7, 11) is 0. The highest BCUT2D eigenvalue weighted by Gasteiger charge is 2.06. The Balaban J connectivity index is 1.69. The van der Waals surface area contributed by atoms with E-state index in [4.69, 9.17) is 9.15 Å². The third-order valence-corrected chi connectivity index (χ3v) is 3.89. The van der Waals surface area contributed by atoms with Gasteiger partial charge in [-0.3, -0.25) is 0 Å². The van der Waals surface area contributed by atoms with Crippen molar-refractivity contribution in [2.75, 3.05) is 11.9 Å². The fraction of sp³-hybridized carbons (Fsp3) is 0.300. The summed E-state index contributed by atoms with van der Waals surface area (Å²) in [5.41, 5.74) is 0.956. The molecule has 0 amide bonds. The highest BCUT2D eigenvalue weighted by Crippen LogP contribution is 2.21. The summed E-state index contributed by atoms with van der Waals surface area (Å²) in [4.78, 5) is 16.4. The molecule has 3 rings (SSSR count). The van der Waals surface area contributed by atoms with Crippen LogP contribution >= 0.6 is 0 Å². The quantitative estimate of drug-likeness (QED) is 0.592. The predicted octanol–water partition coefficient (Wildman–Crippen LogP) is 4.89. The zero-order chi connectivity index (χ0) is 17.5. The maximum atomic E-state index is 12.0. The highest BCUT2D eigenvalue weighted by molar-refractivity contribution is 5.78. The number of nitrogens with one attached hydrogen (secondary N) is 1. The maximum Gasteiger partial charge on any atom is 0.348 e. The second-order valence-corrected chi connectivity index (χ2v) is 5.89. The molecule has 25 heavy (non-hydrogen) atoms. The van der Waals surface area contributed by atoms with Crippen molar-refractivity contribution in [3.8, 4) is 5.75 Å². The summed E-state index contributed by atoms with van der Waals surface area (Å²) in [6, 6.07) is 14.8. The average Bonchev–Trinajstić information content (AvgIpc) is 2.62. The molecule has 1 heterocycles. The number of aromatic nitrogens is 1. The first-order valence-electron chi connectivity index (χ1n) is 8.66. The summed E-state index contributed by atoms with van der Waals surface area (Å²) in [6.07, 6.45) is 4.67. The van der Waals surface area contributed by atoms with Gasteiger partial charge in [-0.15, -0.1) is 0 Å². The van der Waals surface area contributed by atoms with Gasteiger partial charge >= 0.3 is 11.6 Å². The van der Waals surface area contributed by atoms with Crippen LogP contribution in [-0.4, -0.2) is 11.6 Å². The minimum Gasteiger partial charge on any atom is -0.494 e. The molecule has 0 aliphatic rings. The number of hydrogen-bond donors (Lipinski definition) is 1. The first kappa shape index (κ1) is 17.0. The number of rotatable bonds is 8. The molecule has 2 aromatic carbocycles. The Hall–Kier alpha value is -2.82. The number of fused-ring (bicyclic) bond motifs is 1. The van der Waals surface area contributed by atoms with E-state index in [0.717, 1.165) is 17.9 Å². The lowest BCUT2D eigenvalue weighted by Gasteiger charge is -2.09. The molecule has 0 saturated heterocycles. The number of anilines is 2. The van der Waals surface area contributed by atoms with E-state index in [2.05, 4.69) is 17.2 Å². The van der Waals surface area contributed by atoms with E-state index in [0.29, 0.717) is 17.5 Å². The third kappa shape index (κ3) is 4.59. The Morgan fingerprint density at radius 1 is 1.08 bits per heavy atom. The Kier molecular flexibility index (Phi) is 5.67. The van der Waals surface area contributed by atoms with Gasteiger partial charge in [0.2, 0.25) is 0 Å². The second kappa shape index (κ2) is 8.33.